The number of carbonyl (C=O) groups excluding carboxylic acids is 1. The van der Waals surface area contributed by atoms with Gasteiger partial charge in [-0.1, -0.05) is 0 Å². The number of benzene rings is 1. The fourth-order valence-electron chi connectivity index (χ4n) is 5.35. The van der Waals surface area contributed by atoms with Crippen LogP contribution in [-0.2, 0) is 0 Å². The lowest BCUT2D eigenvalue weighted by molar-refractivity contribution is 0.102. The number of pyridine rings is 2. The summed E-state index contributed by atoms with van der Waals surface area (Å²) in [5.41, 5.74) is 7.42. The molecular formula is C28H30F2N4O3. The van der Waals surface area contributed by atoms with E-state index in [4.69, 9.17) is 15.2 Å². The lowest BCUT2D eigenvalue weighted by atomic mass is 9.74. The van der Waals surface area contributed by atoms with Gasteiger partial charge in [0.15, 0.2) is 0 Å². The maximum atomic E-state index is 15.5. The first-order chi connectivity index (χ1) is 17.8. The first kappa shape index (κ1) is 25.1. The maximum Gasteiger partial charge on any atom is 0.274 e. The smallest absolute Gasteiger partial charge is 0.274 e. The summed E-state index contributed by atoms with van der Waals surface area (Å²) in [6.45, 7) is 3.93. The van der Waals surface area contributed by atoms with Gasteiger partial charge in [-0.2, -0.15) is 0 Å². The number of halogens is 2. The van der Waals surface area contributed by atoms with Gasteiger partial charge < -0.3 is 20.5 Å². The van der Waals surface area contributed by atoms with Gasteiger partial charge in [0, 0.05) is 24.4 Å². The molecular weight excluding hydrogens is 478 g/mol. The van der Waals surface area contributed by atoms with E-state index in [2.05, 4.69) is 15.3 Å². The highest BCUT2D eigenvalue weighted by molar-refractivity contribution is 6.03. The second-order valence-corrected chi connectivity index (χ2v) is 10.1. The Kier molecular flexibility index (Phi) is 7.06. The summed E-state index contributed by atoms with van der Waals surface area (Å²) in [5, 5.41) is 2.87. The molecule has 1 aliphatic carbocycles. The Bertz CT molecular complexity index is 1320. The predicted octanol–water partition coefficient (Wildman–Crippen LogP) is 5.45. The molecule has 1 aromatic carbocycles. The van der Waals surface area contributed by atoms with Crippen LogP contribution in [-0.4, -0.2) is 34.6 Å². The van der Waals surface area contributed by atoms with E-state index in [0.717, 1.165) is 30.9 Å². The molecule has 1 fully saturated rings. The van der Waals surface area contributed by atoms with Crippen molar-refractivity contribution in [3.05, 3.63) is 65.6 Å². The van der Waals surface area contributed by atoms with Crippen molar-refractivity contribution in [3.63, 3.8) is 0 Å². The number of ether oxygens (including phenoxy) is 2. The molecule has 1 saturated carbocycles. The number of anilines is 1. The Morgan fingerprint density at radius 3 is 2.78 bits per heavy atom. The van der Waals surface area contributed by atoms with Crippen molar-refractivity contribution in [2.45, 2.75) is 57.6 Å². The molecule has 5 rings (SSSR count). The van der Waals surface area contributed by atoms with Crippen molar-refractivity contribution < 1.29 is 23.0 Å². The molecule has 0 spiro atoms. The fraction of sp³-hybridized carbons (Fsp3) is 0.393. The predicted molar refractivity (Wildman–Crippen MR) is 136 cm³/mol. The number of carbonyl (C=O) groups is 1. The van der Waals surface area contributed by atoms with Gasteiger partial charge >= 0.3 is 0 Å². The summed E-state index contributed by atoms with van der Waals surface area (Å²) in [5.74, 6) is -1.31. The van der Waals surface area contributed by atoms with E-state index in [1.807, 2.05) is 19.9 Å². The minimum absolute atomic E-state index is 0.00213. The average Bonchev–Trinajstić information content (AvgIpc) is 2.84. The molecule has 3 heterocycles. The summed E-state index contributed by atoms with van der Waals surface area (Å²) in [6, 6.07) is 6.99. The Morgan fingerprint density at radius 2 is 1.97 bits per heavy atom. The van der Waals surface area contributed by atoms with E-state index >= 15 is 8.78 Å². The van der Waals surface area contributed by atoms with Crippen LogP contribution in [0.3, 0.4) is 0 Å². The van der Waals surface area contributed by atoms with Gasteiger partial charge in [0.2, 0.25) is 0 Å². The van der Waals surface area contributed by atoms with Gasteiger partial charge in [-0.3, -0.25) is 9.78 Å². The first-order valence-electron chi connectivity index (χ1n) is 12.6. The third kappa shape index (κ3) is 5.41. The van der Waals surface area contributed by atoms with Crippen molar-refractivity contribution >= 4 is 11.6 Å². The molecule has 9 heteroatoms. The Morgan fingerprint density at radius 1 is 1.14 bits per heavy atom. The molecule has 194 valence electrons. The molecule has 3 N–H and O–H groups in total. The van der Waals surface area contributed by atoms with Crippen molar-refractivity contribution in [2.24, 2.45) is 11.7 Å². The van der Waals surface area contributed by atoms with Crippen molar-refractivity contribution in [3.8, 4) is 22.8 Å². The molecule has 3 atom stereocenters. The molecule has 3 aromatic rings. The largest absolute Gasteiger partial charge is 0.493 e. The number of amides is 1. The minimum atomic E-state index is -0.772. The number of aromatic nitrogens is 2. The zero-order chi connectivity index (χ0) is 26.1. The quantitative estimate of drug-likeness (QED) is 0.477. The van der Waals surface area contributed by atoms with Crippen LogP contribution in [0.1, 0.15) is 61.5 Å². The number of nitrogens with two attached hydrogens (primary N) is 1. The normalized spacial score (nSPS) is 21.6. The zero-order valence-electron chi connectivity index (χ0n) is 20.8. The Balaban J connectivity index is 1.63. The topological polar surface area (TPSA) is 99.4 Å². The van der Waals surface area contributed by atoms with Gasteiger partial charge in [0.25, 0.3) is 5.91 Å². The number of fused-ring (bicyclic) bond motifs is 8. The van der Waals surface area contributed by atoms with Crippen LogP contribution < -0.4 is 20.5 Å². The Labute approximate surface area is 214 Å². The van der Waals surface area contributed by atoms with Crippen LogP contribution in [0, 0.1) is 17.6 Å². The molecule has 4 bridgehead atoms. The third-order valence-electron chi connectivity index (χ3n) is 6.88. The highest BCUT2D eigenvalue weighted by Gasteiger charge is 2.30. The van der Waals surface area contributed by atoms with Crippen molar-refractivity contribution in [2.75, 3.05) is 11.9 Å². The van der Waals surface area contributed by atoms with Gasteiger partial charge in [0.05, 0.1) is 30.2 Å². The van der Waals surface area contributed by atoms with Crippen LogP contribution >= 0.6 is 0 Å². The number of hydrogen-bond donors (Lipinski definition) is 2. The van der Waals surface area contributed by atoms with E-state index < -0.39 is 17.5 Å². The van der Waals surface area contributed by atoms with Crippen molar-refractivity contribution in [1.82, 2.24) is 9.97 Å². The SMILES string of the molecule is CC(C)Oc1cc(F)c2c(c1)OCC[C@@H]1C[C@H](N)C[C@@H](C1)c1ccncc1NC(=O)c1ccc(F)c-2n1. The van der Waals surface area contributed by atoms with Gasteiger partial charge in [0.1, 0.15) is 34.5 Å². The lowest BCUT2D eigenvalue weighted by Crippen LogP contribution is -2.33. The zero-order valence-corrected chi connectivity index (χ0v) is 20.8. The van der Waals surface area contributed by atoms with Gasteiger partial charge in [-0.15, -0.1) is 0 Å². The van der Waals surface area contributed by atoms with E-state index in [1.165, 1.54) is 12.1 Å². The van der Waals surface area contributed by atoms with E-state index in [0.29, 0.717) is 12.1 Å². The second-order valence-electron chi connectivity index (χ2n) is 10.1. The summed E-state index contributed by atoms with van der Waals surface area (Å²) in [4.78, 5) is 21.6. The van der Waals surface area contributed by atoms with E-state index in [-0.39, 0.29) is 59.0 Å². The van der Waals surface area contributed by atoms with Crippen LogP contribution in [0.25, 0.3) is 11.3 Å². The van der Waals surface area contributed by atoms with Crippen LogP contribution in [0.2, 0.25) is 0 Å². The first-order valence-corrected chi connectivity index (χ1v) is 12.6. The van der Waals surface area contributed by atoms with Crippen LogP contribution in [0.15, 0.2) is 42.7 Å². The molecule has 0 unspecified atom stereocenters. The molecule has 37 heavy (non-hydrogen) atoms. The van der Waals surface area contributed by atoms with Crippen molar-refractivity contribution in [1.29, 1.82) is 0 Å². The van der Waals surface area contributed by atoms with Gasteiger partial charge in [-0.25, -0.2) is 13.8 Å². The standard InChI is InChI=1S/C28H30F2N4O3/c1-15(2)37-19-12-22(30)26-25(13-19)36-8-6-16-9-17(11-18(31)10-16)20-5-7-32-14-24(20)34-28(35)23-4-3-21(29)27(26)33-23/h3-5,7,12-18H,6,8-11,31H2,1-2H3,(H,34,35)/t16-,17+,18-/m0/s1. The summed E-state index contributed by atoms with van der Waals surface area (Å²) in [7, 11) is 0. The van der Waals surface area contributed by atoms with E-state index in [9.17, 15) is 4.79 Å². The Hall–Kier alpha value is -3.59. The monoisotopic (exact) mass is 508 g/mol. The van der Waals surface area contributed by atoms with Crippen LogP contribution in [0.4, 0.5) is 14.5 Å². The molecule has 0 radical (unpaired) electrons. The number of hydrogen-bond acceptors (Lipinski definition) is 6. The lowest BCUT2D eigenvalue weighted by Gasteiger charge is -2.34. The number of rotatable bonds is 2. The summed E-state index contributed by atoms with van der Waals surface area (Å²) in [6.07, 6.45) is 6.26. The molecule has 0 saturated heterocycles. The molecule has 2 aliphatic rings. The molecule has 7 nitrogen and oxygen atoms in total. The molecule has 2 aromatic heterocycles. The van der Waals surface area contributed by atoms with E-state index in [1.54, 1.807) is 18.5 Å². The number of nitrogens with zero attached hydrogens (tertiary/aromatic N) is 2. The highest BCUT2D eigenvalue weighted by atomic mass is 19.1. The molecule has 1 amide bonds. The summed E-state index contributed by atoms with van der Waals surface area (Å²) < 4.78 is 42.2. The maximum absolute atomic E-state index is 15.5. The van der Waals surface area contributed by atoms with Crippen LogP contribution in [0.5, 0.6) is 11.5 Å². The summed E-state index contributed by atoms with van der Waals surface area (Å²) >= 11 is 0. The highest BCUT2D eigenvalue weighted by Crippen LogP contribution is 2.41. The average molecular weight is 509 g/mol. The fourth-order valence-corrected chi connectivity index (χ4v) is 5.35. The minimum Gasteiger partial charge on any atom is -0.493 e. The van der Waals surface area contributed by atoms with Gasteiger partial charge in [-0.05, 0) is 75.1 Å². The second kappa shape index (κ2) is 10.4. The molecule has 1 aliphatic heterocycles. The number of nitrogens with one attached hydrogen (secondary N) is 1. The third-order valence-corrected chi connectivity index (χ3v) is 6.88.